The number of benzene rings is 1. The number of halogens is 3. The topological polar surface area (TPSA) is 9.23 Å². The molecular formula is C12H15BrClFO. The van der Waals surface area contributed by atoms with Crippen molar-refractivity contribution in [3.8, 4) is 5.75 Å². The van der Waals surface area contributed by atoms with Gasteiger partial charge in [0.2, 0.25) is 0 Å². The molecule has 0 aromatic heterocycles. The van der Waals surface area contributed by atoms with E-state index in [1.165, 1.54) is 12.1 Å². The van der Waals surface area contributed by atoms with Crippen LogP contribution in [0, 0.1) is 11.7 Å². The maximum atomic E-state index is 12.8. The molecule has 0 radical (unpaired) electrons. The van der Waals surface area contributed by atoms with Gasteiger partial charge in [0.1, 0.15) is 11.6 Å². The second kappa shape index (κ2) is 7.13. The van der Waals surface area contributed by atoms with Gasteiger partial charge in [0.05, 0.1) is 11.6 Å². The van der Waals surface area contributed by atoms with E-state index in [4.69, 9.17) is 16.3 Å². The van der Waals surface area contributed by atoms with E-state index in [9.17, 15) is 4.39 Å². The molecule has 1 nitrogen and oxygen atoms in total. The first-order valence-corrected chi connectivity index (χ1v) is 6.77. The summed E-state index contributed by atoms with van der Waals surface area (Å²) in [7, 11) is 0. The minimum Gasteiger partial charge on any atom is -0.492 e. The van der Waals surface area contributed by atoms with Crippen molar-refractivity contribution in [2.75, 3.05) is 11.9 Å². The van der Waals surface area contributed by atoms with Gasteiger partial charge in [-0.1, -0.05) is 34.5 Å². The first kappa shape index (κ1) is 13.8. The highest BCUT2D eigenvalue weighted by atomic mass is 79.9. The second-order valence-corrected chi connectivity index (χ2v) is 4.99. The third-order valence-electron chi connectivity index (χ3n) is 2.36. The van der Waals surface area contributed by atoms with Gasteiger partial charge >= 0.3 is 0 Å². The molecule has 1 atom stereocenters. The van der Waals surface area contributed by atoms with E-state index < -0.39 is 0 Å². The molecule has 0 amide bonds. The molecule has 0 aliphatic carbocycles. The fourth-order valence-corrected chi connectivity index (χ4v) is 2.30. The lowest BCUT2D eigenvalue weighted by molar-refractivity contribution is 0.282. The van der Waals surface area contributed by atoms with Crippen LogP contribution < -0.4 is 4.74 Å². The summed E-state index contributed by atoms with van der Waals surface area (Å²) in [5.74, 6) is 0.817. The molecule has 0 N–H and O–H groups in total. The summed E-state index contributed by atoms with van der Waals surface area (Å²) in [4.78, 5) is 0. The SMILES string of the molecule is CC(CCBr)CCOc1ccc(F)cc1Cl. The monoisotopic (exact) mass is 308 g/mol. The number of hydrogen-bond acceptors (Lipinski definition) is 1. The summed E-state index contributed by atoms with van der Waals surface area (Å²) >= 11 is 9.24. The zero-order valence-electron chi connectivity index (χ0n) is 9.18. The quantitative estimate of drug-likeness (QED) is 0.694. The molecule has 0 aliphatic rings. The van der Waals surface area contributed by atoms with Gasteiger partial charge in [-0.15, -0.1) is 0 Å². The average Bonchev–Trinajstić information content (AvgIpc) is 2.22. The largest absolute Gasteiger partial charge is 0.492 e. The molecule has 0 saturated heterocycles. The summed E-state index contributed by atoms with van der Waals surface area (Å²) < 4.78 is 18.2. The van der Waals surface area contributed by atoms with Gasteiger partial charge in [-0.25, -0.2) is 4.39 Å². The van der Waals surface area contributed by atoms with Gasteiger partial charge in [-0.3, -0.25) is 0 Å². The Balaban J connectivity index is 2.37. The molecule has 0 fully saturated rings. The van der Waals surface area contributed by atoms with Crippen molar-refractivity contribution in [3.05, 3.63) is 29.0 Å². The van der Waals surface area contributed by atoms with Gasteiger partial charge in [-0.05, 0) is 37.0 Å². The summed E-state index contributed by atoms with van der Waals surface area (Å²) in [6.45, 7) is 2.79. The number of rotatable bonds is 6. The molecule has 0 spiro atoms. The van der Waals surface area contributed by atoms with E-state index in [1.54, 1.807) is 6.07 Å². The summed E-state index contributed by atoms with van der Waals surface area (Å²) in [5, 5.41) is 1.33. The predicted molar refractivity (Wildman–Crippen MR) is 69.1 cm³/mol. The van der Waals surface area contributed by atoms with Crippen LogP contribution in [0.2, 0.25) is 5.02 Å². The number of ether oxygens (including phenoxy) is 1. The van der Waals surface area contributed by atoms with Crippen molar-refractivity contribution in [1.29, 1.82) is 0 Å². The summed E-state index contributed by atoms with van der Waals surface area (Å²) in [6, 6.07) is 4.18. The molecule has 90 valence electrons. The average molecular weight is 310 g/mol. The highest BCUT2D eigenvalue weighted by molar-refractivity contribution is 9.09. The number of hydrogen-bond donors (Lipinski definition) is 0. The van der Waals surface area contributed by atoms with E-state index in [1.807, 2.05) is 0 Å². The lowest BCUT2D eigenvalue weighted by atomic mass is 10.1. The van der Waals surface area contributed by atoms with E-state index in [0.29, 0.717) is 23.3 Å². The molecule has 0 saturated carbocycles. The van der Waals surface area contributed by atoms with E-state index in [2.05, 4.69) is 22.9 Å². The van der Waals surface area contributed by atoms with Crippen molar-refractivity contribution in [3.63, 3.8) is 0 Å². The first-order chi connectivity index (χ1) is 7.63. The molecule has 0 aliphatic heterocycles. The van der Waals surface area contributed by atoms with Crippen LogP contribution in [0.15, 0.2) is 18.2 Å². The smallest absolute Gasteiger partial charge is 0.138 e. The van der Waals surface area contributed by atoms with E-state index in [0.717, 1.165) is 18.2 Å². The van der Waals surface area contributed by atoms with Crippen LogP contribution >= 0.6 is 27.5 Å². The third kappa shape index (κ3) is 4.71. The Kier molecular flexibility index (Phi) is 6.14. The Morgan fingerprint density at radius 3 is 2.81 bits per heavy atom. The molecule has 16 heavy (non-hydrogen) atoms. The normalized spacial score (nSPS) is 12.5. The van der Waals surface area contributed by atoms with Crippen LogP contribution in [0.1, 0.15) is 19.8 Å². The standard InChI is InChI=1S/C12H15BrClFO/c1-9(4-6-13)5-7-16-12-3-2-10(15)8-11(12)14/h2-3,8-9H,4-7H2,1H3. The molecular weight excluding hydrogens is 294 g/mol. The van der Waals surface area contributed by atoms with Gasteiger partial charge in [0.25, 0.3) is 0 Å². The fourth-order valence-electron chi connectivity index (χ4n) is 1.29. The Morgan fingerprint density at radius 1 is 1.44 bits per heavy atom. The van der Waals surface area contributed by atoms with Crippen LogP contribution in [0.4, 0.5) is 4.39 Å². The fraction of sp³-hybridized carbons (Fsp3) is 0.500. The van der Waals surface area contributed by atoms with Crippen molar-refractivity contribution in [1.82, 2.24) is 0 Å². The van der Waals surface area contributed by atoms with Crippen LogP contribution in [-0.4, -0.2) is 11.9 Å². The van der Waals surface area contributed by atoms with Crippen LogP contribution in [-0.2, 0) is 0 Å². The maximum absolute atomic E-state index is 12.8. The zero-order valence-corrected chi connectivity index (χ0v) is 11.5. The Hall–Kier alpha value is -0.280. The van der Waals surface area contributed by atoms with Crippen molar-refractivity contribution < 1.29 is 9.13 Å². The Bertz CT molecular complexity index is 333. The van der Waals surface area contributed by atoms with Crippen LogP contribution in [0.3, 0.4) is 0 Å². The van der Waals surface area contributed by atoms with E-state index >= 15 is 0 Å². The molecule has 1 aromatic rings. The third-order valence-corrected chi connectivity index (χ3v) is 3.12. The predicted octanol–water partition coefficient (Wildman–Crippen LogP) is 4.67. The van der Waals surface area contributed by atoms with Gasteiger partial charge in [-0.2, -0.15) is 0 Å². The lowest BCUT2D eigenvalue weighted by Gasteiger charge is -2.11. The minimum atomic E-state index is -0.343. The summed E-state index contributed by atoms with van der Waals surface area (Å²) in [6.07, 6.45) is 2.10. The van der Waals surface area contributed by atoms with Crippen molar-refractivity contribution >= 4 is 27.5 Å². The van der Waals surface area contributed by atoms with Crippen LogP contribution in [0.5, 0.6) is 5.75 Å². The first-order valence-electron chi connectivity index (χ1n) is 5.27. The van der Waals surface area contributed by atoms with Crippen LogP contribution in [0.25, 0.3) is 0 Å². The Labute approximate surface area is 109 Å². The lowest BCUT2D eigenvalue weighted by Crippen LogP contribution is -2.05. The molecule has 0 bridgehead atoms. The zero-order chi connectivity index (χ0) is 12.0. The van der Waals surface area contributed by atoms with Crippen molar-refractivity contribution in [2.24, 2.45) is 5.92 Å². The minimum absolute atomic E-state index is 0.327. The second-order valence-electron chi connectivity index (χ2n) is 3.79. The molecule has 1 rings (SSSR count). The van der Waals surface area contributed by atoms with E-state index in [-0.39, 0.29) is 5.82 Å². The molecule has 1 aromatic carbocycles. The molecule has 0 heterocycles. The summed E-state index contributed by atoms with van der Waals surface area (Å²) in [5.41, 5.74) is 0. The Morgan fingerprint density at radius 2 is 2.19 bits per heavy atom. The maximum Gasteiger partial charge on any atom is 0.138 e. The molecule has 1 unspecified atom stereocenters. The molecule has 4 heteroatoms. The number of alkyl halides is 1. The highest BCUT2D eigenvalue weighted by Crippen LogP contribution is 2.25. The van der Waals surface area contributed by atoms with Gasteiger partial charge < -0.3 is 4.74 Å². The highest BCUT2D eigenvalue weighted by Gasteiger charge is 2.05. The van der Waals surface area contributed by atoms with Crippen molar-refractivity contribution in [2.45, 2.75) is 19.8 Å². The van der Waals surface area contributed by atoms with Gasteiger partial charge in [0.15, 0.2) is 0 Å². The van der Waals surface area contributed by atoms with Gasteiger partial charge in [0, 0.05) is 5.33 Å².